The van der Waals surface area contributed by atoms with Crippen LogP contribution in [0.1, 0.15) is 111 Å². The number of carbonyl (C=O) groups excluding carboxylic acids is 2. The second-order valence-electron chi connectivity index (χ2n) is 20.9. The van der Waals surface area contributed by atoms with Crippen LogP contribution in [0.4, 0.5) is 0 Å². The summed E-state index contributed by atoms with van der Waals surface area (Å²) >= 11 is 0. The van der Waals surface area contributed by atoms with E-state index in [-0.39, 0.29) is 72.2 Å². The summed E-state index contributed by atoms with van der Waals surface area (Å²) in [5.74, 6) is 1.55. The van der Waals surface area contributed by atoms with Crippen molar-refractivity contribution >= 4 is 11.8 Å². The number of aliphatic hydroxyl groups is 3. The van der Waals surface area contributed by atoms with Gasteiger partial charge in [0, 0.05) is 50.0 Å². The molecule has 0 aromatic rings. The van der Waals surface area contributed by atoms with E-state index in [4.69, 9.17) is 9.57 Å². The van der Waals surface area contributed by atoms with Crippen molar-refractivity contribution in [3.63, 3.8) is 0 Å². The van der Waals surface area contributed by atoms with Crippen LogP contribution in [0.5, 0.6) is 0 Å². The highest BCUT2D eigenvalue weighted by molar-refractivity contribution is 5.83. The highest BCUT2D eigenvalue weighted by atomic mass is 16.7. The van der Waals surface area contributed by atoms with E-state index in [1.54, 1.807) is 19.1 Å². The highest BCUT2D eigenvalue weighted by Gasteiger charge is 2.58. The lowest BCUT2D eigenvalue weighted by molar-refractivity contribution is -0.193. The number of rotatable bonds is 15. The molecule has 1 heterocycles. The fraction of sp³-hybridized carbons (Fsp3) is 0.956. The average Bonchev–Trinajstić information content (AvgIpc) is 3.56. The molecular weight excluding hydrogens is 723 g/mol. The molecule has 0 spiro atoms. The van der Waals surface area contributed by atoms with E-state index in [0.717, 1.165) is 70.6 Å². The van der Waals surface area contributed by atoms with Crippen molar-refractivity contribution in [2.45, 2.75) is 160 Å². The largest absolute Gasteiger partial charge is 0.394 e. The van der Waals surface area contributed by atoms with Crippen LogP contribution in [0.25, 0.3) is 0 Å². The first-order valence-corrected chi connectivity index (χ1v) is 22.9. The number of amides is 2. The van der Waals surface area contributed by atoms with Gasteiger partial charge >= 0.3 is 0 Å². The van der Waals surface area contributed by atoms with Gasteiger partial charge in [-0.3, -0.25) is 14.4 Å². The third-order valence-corrected chi connectivity index (χ3v) is 16.6. The Morgan fingerprint density at radius 3 is 2.26 bits per heavy atom. The van der Waals surface area contributed by atoms with Crippen LogP contribution >= 0.6 is 0 Å². The van der Waals surface area contributed by atoms with Crippen molar-refractivity contribution in [2.75, 3.05) is 55.0 Å². The molecular formula is C45H81N5O7. The summed E-state index contributed by atoms with van der Waals surface area (Å²) in [5.41, 5.74) is 0.306. The van der Waals surface area contributed by atoms with Crippen LogP contribution in [0.15, 0.2) is 0 Å². The van der Waals surface area contributed by atoms with Gasteiger partial charge in [0.25, 0.3) is 0 Å². The van der Waals surface area contributed by atoms with Crippen LogP contribution in [0, 0.1) is 58.7 Å². The second kappa shape index (κ2) is 19.1. The Morgan fingerprint density at radius 1 is 0.947 bits per heavy atom. The number of fused-ring (bicyclic) bond motifs is 2. The van der Waals surface area contributed by atoms with Crippen LogP contribution < -0.4 is 10.6 Å². The van der Waals surface area contributed by atoms with Gasteiger partial charge in [0.1, 0.15) is 12.1 Å². The Hall–Kier alpha value is -1.38. The molecule has 5 N–H and O–H groups in total. The average molecular weight is 804 g/mol. The number of hydroxylamine groups is 2. The van der Waals surface area contributed by atoms with E-state index < -0.39 is 30.3 Å². The predicted molar refractivity (Wildman–Crippen MR) is 222 cm³/mol. The number of nitrogens with one attached hydrogen (secondary N) is 2. The summed E-state index contributed by atoms with van der Waals surface area (Å²) in [7, 11) is 10.0. The van der Waals surface area contributed by atoms with Crippen molar-refractivity contribution in [1.82, 2.24) is 25.5 Å². The van der Waals surface area contributed by atoms with Crippen molar-refractivity contribution < 1.29 is 34.5 Å². The van der Waals surface area contributed by atoms with Gasteiger partial charge in [-0.15, -0.1) is 0 Å². The predicted octanol–water partition coefficient (Wildman–Crippen LogP) is 3.91. The Bertz CT molecular complexity index is 1330. The Balaban J connectivity index is 1.16. The summed E-state index contributed by atoms with van der Waals surface area (Å²) in [6, 6.07) is -0.700. The standard InChI is InChI=1S/C45H81N5O7/c1-26-35-21-32(45(35,3)4)22-36(26)46-44(55)40-39(27(2)52)38(25-51)57-50(40)23-29-16-13-17-34(42(29)56-9)30-18-31(20-33(19-30)49(7)8)43(54)47-37(24-48(5)6)41(53)28-14-11-10-12-15-28/h26-42,51-53H,10-25H2,1-9H3,(H,46,55)(H,47,54)/t26-,27-,29?,30?,31?,32+,33?,34?,35-,36-,37-,38-,39+,40-,41-,42?/m0/s1. The molecule has 2 amide bonds. The van der Waals surface area contributed by atoms with Gasteiger partial charge in [-0.2, -0.15) is 5.06 Å². The van der Waals surface area contributed by atoms with Crippen molar-refractivity contribution in [2.24, 2.45) is 58.7 Å². The number of ether oxygens (including phenoxy) is 1. The Kier molecular flexibility index (Phi) is 15.1. The molecule has 0 aromatic carbocycles. The smallest absolute Gasteiger partial charge is 0.240 e. The molecule has 2 bridgehead atoms. The molecule has 328 valence electrons. The second-order valence-corrected chi connectivity index (χ2v) is 20.9. The molecule has 0 aromatic heterocycles. The summed E-state index contributed by atoms with van der Waals surface area (Å²) in [6.45, 7) is 9.49. The van der Waals surface area contributed by atoms with Crippen molar-refractivity contribution in [1.29, 1.82) is 0 Å². The molecule has 57 heavy (non-hydrogen) atoms. The van der Waals surface area contributed by atoms with Gasteiger partial charge in [-0.05, 0) is 134 Å². The molecule has 6 aliphatic carbocycles. The fourth-order valence-corrected chi connectivity index (χ4v) is 13.2. The normalized spacial score (nSPS) is 40.4. The number of hydrogen-bond donors (Lipinski definition) is 5. The first-order chi connectivity index (χ1) is 27.0. The van der Waals surface area contributed by atoms with E-state index in [2.05, 4.69) is 55.3 Å². The number of aliphatic hydroxyl groups excluding tert-OH is 3. The topological polar surface area (TPSA) is 147 Å². The molecule has 6 unspecified atom stereocenters. The van der Waals surface area contributed by atoms with Crippen LogP contribution in [0.2, 0.25) is 0 Å². The SMILES string of the molecule is COC1C(CN2O[C@@H](CO)[C@@H]([C@H](C)O)[C@H]2C(=O)N[C@H]2C[C@H]3C[C@@H]([C@@H]2C)C3(C)C)CCCC1C1CC(C(=O)N[C@@H](CN(C)C)[C@@H](O)C2CCCCC2)CC(N(C)C)C1. The molecule has 7 aliphatic rings. The van der Waals surface area contributed by atoms with Gasteiger partial charge in [0.15, 0.2) is 0 Å². The lowest BCUT2D eigenvalue weighted by Crippen LogP contribution is -2.62. The number of carbonyl (C=O) groups is 2. The van der Waals surface area contributed by atoms with Gasteiger partial charge in [-0.1, -0.05) is 46.5 Å². The first kappa shape index (κ1) is 45.2. The molecule has 1 saturated heterocycles. The summed E-state index contributed by atoms with van der Waals surface area (Å²) in [5, 5.41) is 41.6. The lowest BCUT2D eigenvalue weighted by atomic mass is 9.45. The number of methoxy groups -OCH3 is 1. The molecule has 6 saturated carbocycles. The molecule has 0 radical (unpaired) electrons. The quantitative estimate of drug-likeness (QED) is 0.165. The Morgan fingerprint density at radius 2 is 1.67 bits per heavy atom. The molecule has 12 nitrogen and oxygen atoms in total. The number of nitrogens with zero attached hydrogens (tertiary/aromatic N) is 3. The fourth-order valence-electron chi connectivity index (χ4n) is 13.2. The number of hydrogen-bond acceptors (Lipinski definition) is 10. The van der Waals surface area contributed by atoms with E-state index in [1.807, 2.05) is 14.1 Å². The summed E-state index contributed by atoms with van der Waals surface area (Å²) in [6.07, 6.45) is 11.1. The Labute approximate surface area is 344 Å². The minimum absolute atomic E-state index is 0.0567. The first-order valence-electron chi connectivity index (χ1n) is 22.9. The van der Waals surface area contributed by atoms with Gasteiger partial charge < -0.3 is 40.5 Å². The van der Waals surface area contributed by atoms with Crippen LogP contribution in [-0.2, 0) is 19.2 Å². The molecule has 12 heteroatoms. The minimum atomic E-state index is -0.842. The molecule has 7 fully saturated rings. The van der Waals surface area contributed by atoms with Crippen molar-refractivity contribution in [3.05, 3.63) is 0 Å². The van der Waals surface area contributed by atoms with E-state index in [1.165, 1.54) is 12.8 Å². The molecule has 16 atom stereocenters. The summed E-state index contributed by atoms with van der Waals surface area (Å²) < 4.78 is 6.44. The number of likely N-dealkylation sites (N-methyl/N-ethyl adjacent to an activating group) is 1. The molecule has 1 aliphatic heterocycles. The van der Waals surface area contributed by atoms with Gasteiger partial charge in [-0.25, -0.2) is 0 Å². The monoisotopic (exact) mass is 804 g/mol. The zero-order valence-corrected chi connectivity index (χ0v) is 36.9. The van der Waals surface area contributed by atoms with Crippen LogP contribution in [0.3, 0.4) is 0 Å². The zero-order valence-electron chi connectivity index (χ0n) is 36.9. The maximum atomic E-state index is 14.4. The summed E-state index contributed by atoms with van der Waals surface area (Å²) in [4.78, 5) is 39.4. The minimum Gasteiger partial charge on any atom is -0.394 e. The maximum absolute atomic E-state index is 14.4. The highest BCUT2D eigenvalue weighted by Crippen LogP contribution is 2.61. The third-order valence-electron chi connectivity index (χ3n) is 16.6. The maximum Gasteiger partial charge on any atom is 0.240 e. The van der Waals surface area contributed by atoms with E-state index in [9.17, 15) is 24.9 Å². The van der Waals surface area contributed by atoms with Gasteiger partial charge in [0.05, 0.1) is 31.0 Å². The van der Waals surface area contributed by atoms with E-state index in [0.29, 0.717) is 36.3 Å². The van der Waals surface area contributed by atoms with E-state index >= 15 is 0 Å². The van der Waals surface area contributed by atoms with Gasteiger partial charge in [0.2, 0.25) is 11.8 Å². The molecule has 7 rings (SSSR count). The van der Waals surface area contributed by atoms with Crippen molar-refractivity contribution in [3.8, 4) is 0 Å². The zero-order chi connectivity index (χ0) is 41.3. The third kappa shape index (κ3) is 9.74. The van der Waals surface area contributed by atoms with Crippen LogP contribution in [-0.4, -0.2) is 146 Å². The lowest BCUT2D eigenvalue weighted by Gasteiger charge is -2.62.